The van der Waals surface area contributed by atoms with Gasteiger partial charge in [-0.15, -0.1) is 0 Å². The van der Waals surface area contributed by atoms with Gasteiger partial charge in [0.15, 0.2) is 11.5 Å². The Hall–Kier alpha value is -4.29. The van der Waals surface area contributed by atoms with Crippen LogP contribution in [-0.2, 0) is 13.2 Å². The van der Waals surface area contributed by atoms with Gasteiger partial charge in [0, 0.05) is 0 Å². The molecule has 0 radical (unpaired) electrons. The van der Waals surface area contributed by atoms with E-state index in [1.807, 2.05) is 6.08 Å². The molecule has 4 fully saturated rings. The first-order valence-electron chi connectivity index (χ1n) is 26.8. The molecule has 390 valence electrons. The summed E-state index contributed by atoms with van der Waals surface area (Å²) < 4.78 is 12.0. The molecule has 0 saturated heterocycles. The molecule has 0 amide bonds. The van der Waals surface area contributed by atoms with Crippen molar-refractivity contribution in [1.82, 2.24) is 0 Å². The van der Waals surface area contributed by atoms with Crippen molar-refractivity contribution in [3.63, 3.8) is 0 Å². The number of fused-ring (bicyclic) bond motifs is 5. The van der Waals surface area contributed by atoms with Crippen molar-refractivity contribution >= 4 is 65.9 Å². The van der Waals surface area contributed by atoms with Gasteiger partial charge in [-0.25, -0.2) is 9.59 Å². The molecule has 0 spiro atoms. The lowest BCUT2D eigenvalue weighted by atomic mass is 9.44. The van der Waals surface area contributed by atoms with Gasteiger partial charge in [-0.2, -0.15) is 0 Å². The number of carbonyl (C=O) groups is 2. The van der Waals surface area contributed by atoms with Gasteiger partial charge in [-0.1, -0.05) is 132 Å². The number of carboxylic acids is 2. The summed E-state index contributed by atoms with van der Waals surface area (Å²) in [5.41, 5.74) is 3.44. The predicted molar refractivity (Wildman–Crippen MR) is 291 cm³/mol. The van der Waals surface area contributed by atoms with Crippen LogP contribution in [0, 0.1) is 58.2 Å². The van der Waals surface area contributed by atoms with E-state index in [1.54, 1.807) is 60.7 Å². The molecule has 4 aromatic carbocycles. The molecule has 9 atom stereocenters. The molecule has 0 bridgehead atoms. The van der Waals surface area contributed by atoms with E-state index in [1.165, 1.54) is 82.8 Å². The third-order valence-electron chi connectivity index (χ3n) is 18.3. The van der Waals surface area contributed by atoms with Crippen LogP contribution in [0.5, 0.6) is 11.5 Å². The maximum absolute atomic E-state index is 13.0. The minimum absolute atomic E-state index is 0.0216. The Balaban J connectivity index is 1.04. The second-order valence-corrected chi connectivity index (χ2v) is 23.9. The summed E-state index contributed by atoms with van der Waals surface area (Å²) in [6.45, 7) is 12.3. The van der Waals surface area contributed by atoms with E-state index in [9.17, 15) is 39.9 Å². The lowest BCUT2D eigenvalue weighted by Gasteiger charge is -2.61. The molecular weight excluding hydrogens is 961 g/mol. The van der Waals surface area contributed by atoms with Gasteiger partial charge < -0.3 is 39.8 Å². The fourth-order valence-corrected chi connectivity index (χ4v) is 15.2. The molecule has 4 aromatic rings. The number of carboxylic acid groups (broad SMARTS) is 2. The highest BCUT2D eigenvalue weighted by Gasteiger charge is 2.60. The van der Waals surface area contributed by atoms with Crippen LogP contribution in [0.1, 0.15) is 167 Å². The van der Waals surface area contributed by atoms with Gasteiger partial charge in [0.2, 0.25) is 0 Å². The smallest absolute Gasteiger partial charge is 0.486 e. The molecule has 4 saturated carbocycles. The van der Waals surface area contributed by atoms with E-state index in [0.29, 0.717) is 56.9 Å². The average Bonchev–Trinajstić information content (AvgIpc) is 3.71. The highest BCUT2D eigenvalue weighted by molar-refractivity contribution is 6.59. The first-order valence-corrected chi connectivity index (χ1v) is 27.5. The van der Waals surface area contributed by atoms with Crippen molar-refractivity contribution in [3.8, 4) is 11.5 Å². The van der Waals surface area contributed by atoms with Crippen molar-refractivity contribution in [2.45, 2.75) is 138 Å². The van der Waals surface area contributed by atoms with Crippen LogP contribution in [0.2, 0.25) is 10.0 Å². The van der Waals surface area contributed by atoms with Crippen LogP contribution < -0.4 is 20.4 Å². The van der Waals surface area contributed by atoms with Crippen LogP contribution in [-0.4, -0.2) is 56.5 Å². The number of rotatable bonds is 20. The Morgan fingerprint density at radius 1 is 0.699 bits per heavy atom. The lowest BCUT2D eigenvalue weighted by Crippen LogP contribution is -2.53. The van der Waals surface area contributed by atoms with Gasteiger partial charge >= 0.3 is 26.2 Å². The van der Waals surface area contributed by atoms with Gasteiger partial charge in [-0.05, 0) is 192 Å². The molecule has 4 aliphatic rings. The zero-order valence-corrected chi connectivity index (χ0v) is 44.7. The van der Waals surface area contributed by atoms with Crippen LogP contribution in [0.25, 0.3) is 5.57 Å². The second kappa shape index (κ2) is 23.3. The molecule has 0 heterocycles. The Morgan fingerprint density at radius 3 is 1.78 bits per heavy atom. The first kappa shape index (κ1) is 55.0. The number of hydrogen-bond acceptors (Lipinski definition) is 8. The Labute approximate surface area is 442 Å². The number of halogens is 2. The number of ether oxygens (including phenoxy) is 2. The standard InChI is InChI=1S/C59H74B2Cl2O10/c1-35(2)10-6-11-36(3)49-20-21-50-46-19-18-42-26-37(22-24-58(42,4)51(46)23-25-59(49,50)5)12-9-17-45(40-29-47(56(64)65)54(52(62)31-40)72-33-38-13-7-15-43(27-38)60(68)69)41-30-48(57(66)67)55(53(63)32-41)73-34-39-14-8-16-44(28-39)61(70)71/h7-8,13-17,27-32,35-37,42,46,49-51,68-71H,6,9-12,18-26,33-34H2,1-5H3,(H,64,65)(H,66,67)/t36?,37-,42?,46?,49+,50?,51?,58-,59+/m0/s1. The zero-order chi connectivity index (χ0) is 52.4. The molecule has 73 heavy (non-hydrogen) atoms. The Bertz CT molecular complexity index is 2530. The average molecular weight is 1040 g/mol. The van der Waals surface area contributed by atoms with Gasteiger partial charge in [-0.3, -0.25) is 0 Å². The monoisotopic (exact) mass is 1030 g/mol. The zero-order valence-electron chi connectivity index (χ0n) is 43.2. The summed E-state index contributed by atoms with van der Waals surface area (Å²) >= 11 is 13.9. The normalized spacial score (nSPS) is 25.8. The molecule has 4 aliphatic carbocycles. The van der Waals surface area contributed by atoms with E-state index in [2.05, 4.69) is 34.6 Å². The number of aromatic carboxylic acids is 2. The second-order valence-electron chi connectivity index (χ2n) is 23.1. The topological polar surface area (TPSA) is 174 Å². The van der Waals surface area contributed by atoms with Gasteiger partial charge in [0.25, 0.3) is 0 Å². The van der Waals surface area contributed by atoms with Crippen molar-refractivity contribution in [1.29, 1.82) is 0 Å². The van der Waals surface area contributed by atoms with Crippen LogP contribution in [0.15, 0.2) is 78.9 Å². The summed E-state index contributed by atoms with van der Waals surface area (Å²) in [7, 11) is -3.38. The largest absolute Gasteiger partial charge is 0.488 e. The highest BCUT2D eigenvalue weighted by atomic mass is 35.5. The Morgan fingerprint density at radius 2 is 1.25 bits per heavy atom. The number of benzene rings is 4. The molecule has 6 N–H and O–H groups in total. The highest BCUT2D eigenvalue weighted by Crippen LogP contribution is 2.69. The predicted octanol–water partition coefficient (Wildman–Crippen LogP) is 11.9. The minimum atomic E-state index is -1.69. The molecule has 0 aromatic heterocycles. The van der Waals surface area contributed by atoms with Crippen LogP contribution in [0.3, 0.4) is 0 Å². The molecule has 0 aliphatic heterocycles. The Kier molecular flexibility index (Phi) is 17.5. The molecule has 8 rings (SSSR count). The number of hydrogen-bond donors (Lipinski definition) is 6. The maximum Gasteiger partial charge on any atom is 0.488 e. The SMILES string of the molecule is CC(C)CCCC(C)[C@H]1CCC2C3CCC4C[C@@H](CCC=C(c5cc(Cl)c(OCc6cccc(B(O)O)c6)c(C(=O)O)c5)c5cc(Cl)c(OCc6cccc(B(O)O)c6)c(C(=O)O)c5)CC[C@]4(C)C3CC[C@@]21C. The summed E-state index contributed by atoms with van der Waals surface area (Å²) in [4.78, 5) is 26.0. The van der Waals surface area contributed by atoms with E-state index >= 15 is 0 Å². The van der Waals surface area contributed by atoms with Crippen molar-refractivity contribution in [3.05, 3.63) is 122 Å². The first-order chi connectivity index (χ1) is 34.8. The third kappa shape index (κ3) is 12.1. The van der Waals surface area contributed by atoms with Crippen molar-refractivity contribution in [2.75, 3.05) is 0 Å². The van der Waals surface area contributed by atoms with E-state index in [-0.39, 0.29) is 56.8 Å². The quantitative estimate of drug-likeness (QED) is 0.0468. The van der Waals surface area contributed by atoms with Crippen LogP contribution >= 0.6 is 23.2 Å². The summed E-state index contributed by atoms with van der Waals surface area (Å²) in [6, 6.07) is 19.1. The van der Waals surface area contributed by atoms with E-state index in [0.717, 1.165) is 48.3 Å². The van der Waals surface area contributed by atoms with Gasteiger partial charge in [0.05, 0.1) is 10.0 Å². The molecule has 14 heteroatoms. The van der Waals surface area contributed by atoms with Crippen molar-refractivity contribution < 1.29 is 49.4 Å². The fraction of sp³-hybridized carbons (Fsp3) is 0.525. The van der Waals surface area contributed by atoms with E-state index in [4.69, 9.17) is 32.7 Å². The van der Waals surface area contributed by atoms with E-state index < -0.39 is 26.2 Å². The summed E-state index contributed by atoms with van der Waals surface area (Å²) in [5.74, 6) is 3.32. The fourth-order valence-electron chi connectivity index (χ4n) is 14.6. The maximum atomic E-state index is 13.0. The lowest BCUT2D eigenvalue weighted by molar-refractivity contribution is -0.121. The van der Waals surface area contributed by atoms with Crippen molar-refractivity contribution in [2.24, 2.45) is 58.2 Å². The molecule has 5 unspecified atom stereocenters. The summed E-state index contributed by atoms with van der Waals surface area (Å²) in [6.07, 6.45) is 19.3. The molecular formula is C59H74B2Cl2O10. The van der Waals surface area contributed by atoms with Crippen LogP contribution in [0.4, 0.5) is 0 Å². The minimum Gasteiger partial charge on any atom is -0.486 e. The third-order valence-corrected chi connectivity index (χ3v) is 18.9. The summed E-state index contributed by atoms with van der Waals surface area (Å²) in [5, 5.41) is 60.0. The molecule has 10 nitrogen and oxygen atoms in total. The van der Waals surface area contributed by atoms with Gasteiger partial charge in [0.1, 0.15) is 24.3 Å². The number of allylic oxidation sites excluding steroid dienone is 1.